The van der Waals surface area contributed by atoms with Gasteiger partial charge in [0.25, 0.3) is 0 Å². The SMILES string of the molecule is COc1cccc(CN2CCC[C@@]3(CCN(c4nccnc4C)C3)C2)c1OC. The van der Waals surface area contributed by atoms with Crippen molar-refractivity contribution in [1.82, 2.24) is 14.9 Å². The summed E-state index contributed by atoms with van der Waals surface area (Å²) in [5.41, 5.74) is 2.56. The number of nitrogens with zero attached hydrogens (tertiary/aromatic N) is 4. The van der Waals surface area contributed by atoms with Gasteiger partial charge in [-0.2, -0.15) is 0 Å². The lowest BCUT2D eigenvalue weighted by atomic mass is 9.79. The lowest BCUT2D eigenvalue weighted by Crippen LogP contribution is -2.44. The molecular weight excluding hydrogens is 352 g/mol. The summed E-state index contributed by atoms with van der Waals surface area (Å²) in [6, 6.07) is 6.15. The standard InChI is InChI=1S/C22H30N4O2/c1-17-21(24-11-10-23-17)26-13-9-22(16-26)8-5-12-25(15-22)14-18-6-4-7-19(27-2)20(18)28-3/h4,6-7,10-11H,5,8-9,12-16H2,1-3H3/t22-/m1/s1. The quantitative estimate of drug-likeness (QED) is 0.791. The average molecular weight is 383 g/mol. The molecule has 2 fully saturated rings. The van der Waals surface area contributed by atoms with E-state index < -0.39 is 0 Å². The molecule has 6 heteroatoms. The van der Waals surface area contributed by atoms with Gasteiger partial charge < -0.3 is 14.4 Å². The Morgan fingerprint density at radius 1 is 1.04 bits per heavy atom. The van der Waals surface area contributed by atoms with Gasteiger partial charge in [-0.05, 0) is 38.8 Å². The van der Waals surface area contributed by atoms with Crippen molar-refractivity contribution >= 4 is 5.82 Å². The van der Waals surface area contributed by atoms with Gasteiger partial charge in [0.15, 0.2) is 11.5 Å². The molecule has 150 valence electrons. The van der Waals surface area contributed by atoms with E-state index in [9.17, 15) is 0 Å². The van der Waals surface area contributed by atoms with E-state index in [1.807, 2.05) is 12.1 Å². The lowest BCUT2D eigenvalue weighted by Gasteiger charge is -2.40. The smallest absolute Gasteiger partial charge is 0.165 e. The van der Waals surface area contributed by atoms with Crippen LogP contribution in [0, 0.1) is 12.3 Å². The third-order valence-electron chi connectivity index (χ3n) is 6.21. The topological polar surface area (TPSA) is 50.7 Å². The number of rotatable bonds is 5. The Hall–Kier alpha value is -2.34. The Kier molecular flexibility index (Phi) is 5.40. The second-order valence-corrected chi connectivity index (χ2v) is 8.10. The molecule has 0 N–H and O–H groups in total. The van der Waals surface area contributed by atoms with Crippen LogP contribution in [0.5, 0.6) is 11.5 Å². The number of ether oxygens (including phenoxy) is 2. The van der Waals surface area contributed by atoms with Gasteiger partial charge in [-0.15, -0.1) is 0 Å². The maximum atomic E-state index is 5.64. The number of aryl methyl sites for hydroxylation is 1. The van der Waals surface area contributed by atoms with E-state index in [1.165, 1.54) is 24.8 Å². The van der Waals surface area contributed by atoms with E-state index in [2.05, 4.69) is 32.8 Å². The van der Waals surface area contributed by atoms with Crippen LogP contribution >= 0.6 is 0 Å². The number of para-hydroxylation sites is 1. The third-order valence-corrected chi connectivity index (χ3v) is 6.21. The minimum atomic E-state index is 0.342. The van der Waals surface area contributed by atoms with Gasteiger partial charge in [0.1, 0.15) is 5.82 Å². The highest BCUT2D eigenvalue weighted by Crippen LogP contribution is 2.41. The first-order valence-electron chi connectivity index (χ1n) is 10.1. The fourth-order valence-corrected chi connectivity index (χ4v) is 4.92. The molecule has 1 spiro atoms. The highest BCUT2D eigenvalue weighted by Gasteiger charge is 2.42. The van der Waals surface area contributed by atoms with Crippen LogP contribution in [0.15, 0.2) is 30.6 Å². The van der Waals surface area contributed by atoms with Crippen LogP contribution in [0.25, 0.3) is 0 Å². The Balaban J connectivity index is 1.48. The van der Waals surface area contributed by atoms with Gasteiger partial charge in [-0.25, -0.2) is 4.98 Å². The highest BCUT2D eigenvalue weighted by molar-refractivity contribution is 5.47. The number of hydrogen-bond donors (Lipinski definition) is 0. The molecule has 4 rings (SSSR count). The largest absolute Gasteiger partial charge is 0.493 e. The van der Waals surface area contributed by atoms with Crippen LogP contribution in [0.4, 0.5) is 5.82 Å². The van der Waals surface area contributed by atoms with Gasteiger partial charge in [-0.3, -0.25) is 9.88 Å². The number of piperidine rings is 1. The number of likely N-dealkylation sites (tertiary alicyclic amines) is 1. The van der Waals surface area contributed by atoms with Crippen LogP contribution in [0.3, 0.4) is 0 Å². The predicted molar refractivity (Wildman–Crippen MR) is 110 cm³/mol. The first kappa shape index (κ1) is 19.0. The molecule has 0 saturated carbocycles. The van der Waals surface area contributed by atoms with E-state index in [-0.39, 0.29) is 0 Å². The van der Waals surface area contributed by atoms with E-state index in [0.29, 0.717) is 5.41 Å². The monoisotopic (exact) mass is 382 g/mol. The summed E-state index contributed by atoms with van der Waals surface area (Å²) < 4.78 is 11.1. The van der Waals surface area contributed by atoms with Crippen molar-refractivity contribution in [2.24, 2.45) is 5.41 Å². The molecule has 0 amide bonds. The molecule has 1 atom stereocenters. The molecule has 0 unspecified atom stereocenters. The van der Waals surface area contributed by atoms with Crippen LogP contribution in [0.1, 0.15) is 30.5 Å². The van der Waals surface area contributed by atoms with E-state index in [0.717, 1.165) is 55.7 Å². The molecule has 2 aromatic rings. The summed E-state index contributed by atoms with van der Waals surface area (Å²) in [4.78, 5) is 14.0. The molecule has 2 aliphatic rings. The summed E-state index contributed by atoms with van der Waals surface area (Å²) in [6.45, 7) is 7.32. The molecule has 0 radical (unpaired) electrons. The predicted octanol–water partition coefficient (Wildman–Crippen LogP) is 3.29. The Morgan fingerprint density at radius 2 is 1.89 bits per heavy atom. The Labute approximate surface area is 167 Å². The fraction of sp³-hybridized carbons (Fsp3) is 0.545. The number of methoxy groups -OCH3 is 2. The van der Waals surface area contributed by atoms with Crippen LogP contribution in [-0.2, 0) is 6.54 Å². The number of aromatic nitrogens is 2. The second kappa shape index (κ2) is 7.95. The number of anilines is 1. The van der Waals surface area contributed by atoms with Crippen molar-refractivity contribution in [1.29, 1.82) is 0 Å². The Morgan fingerprint density at radius 3 is 2.68 bits per heavy atom. The molecule has 1 aromatic heterocycles. The minimum Gasteiger partial charge on any atom is -0.493 e. The molecule has 3 heterocycles. The van der Waals surface area contributed by atoms with Gasteiger partial charge in [0, 0.05) is 49.6 Å². The normalized spacial score (nSPS) is 22.6. The zero-order valence-electron chi connectivity index (χ0n) is 17.1. The van der Waals surface area contributed by atoms with Crippen LogP contribution in [-0.4, -0.2) is 55.3 Å². The fourth-order valence-electron chi connectivity index (χ4n) is 4.92. The van der Waals surface area contributed by atoms with Gasteiger partial charge in [0.2, 0.25) is 0 Å². The molecule has 2 saturated heterocycles. The van der Waals surface area contributed by atoms with Crippen molar-refractivity contribution in [2.45, 2.75) is 32.7 Å². The maximum absolute atomic E-state index is 5.64. The molecule has 2 aliphatic heterocycles. The molecule has 28 heavy (non-hydrogen) atoms. The molecule has 0 bridgehead atoms. The van der Waals surface area contributed by atoms with E-state index in [4.69, 9.17) is 9.47 Å². The van der Waals surface area contributed by atoms with E-state index >= 15 is 0 Å². The van der Waals surface area contributed by atoms with Crippen molar-refractivity contribution in [3.05, 3.63) is 41.9 Å². The van der Waals surface area contributed by atoms with Crippen molar-refractivity contribution < 1.29 is 9.47 Å². The molecule has 6 nitrogen and oxygen atoms in total. The zero-order valence-corrected chi connectivity index (χ0v) is 17.1. The van der Waals surface area contributed by atoms with Gasteiger partial charge in [-0.1, -0.05) is 12.1 Å². The van der Waals surface area contributed by atoms with Crippen LogP contribution < -0.4 is 14.4 Å². The van der Waals surface area contributed by atoms with Crippen LogP contribution in [0.2, 0.25) is 0 Å². The first-order valence-corrected chi connectivity index (χ1v) is 10.1. The maximum Gasteiger partial charge on any atom is 0.165 e. The van der Waals surface area contributed by atoms with Gasteiger partial charge >= 0.3 is 0 Å². The number of hydrogen-bond acceptors (Lipinski definition) is 6. The summed E-state index contributed by atoms with van der Waals surface area (Å²) in [5.74, 6) is 2.70. The lowest BCUT2D eigenvalue weighted by molar-refractivity contribution is 0.0983. The average Bonchev–Trinajstić information content (AvgIpc) is 3.11. The first-order chi connectivity index (χ1) is 13.6. The molecule has 1 aromatic carbocycles. The summed E-state index contributed by atoms with van der Waals surface area (Å²) in [5, 5.41) is 0. The summed E-state index contributed by atoms with van der Waals surface area (Å²) >= 11 is 0. The molecule has 0 aliphatic carbocycles. The van der Waals surface area contributed by atoms with E-state index in [1.54, 1.807) is 26.6 Å². The van der Waals surface area contributed by atoms with Crippen molar-refractivity contribution in [3.63, 3.8) is 0 Å². The highest BCUT2D eigenvalue weighted by atomic mass is 16.5. The third kappa shape index (κ3) is 3.65. The van der Waals surface area contributed by atoms with Gasteiger partial charge in [0.05, 0.1) is 19.9 Å². The van der Waals surface area contributed by atoms with Crippen molar-refractivity contribution in [3.8, 4) is 11.5 Å². The number of benzene rings is 1. The summed E-state index contributed by atoms with van der Waals surface area (Å²) in [7, 11) is 3.41. The van der Waals surface area contributed by atoms with Crippen molar-refractivity contribution in [2.75, 3.05) is 45.3 Å². The molecular formula is C22H30N4O2. The summed E-state index contributed by atoms with van der Waals surface area (Å²) in [6.07, 6.45) is 7.31. The zero-order chi connectivity index (χ0) is 19.6. The minimum absolute atomic E-state index is 0.342. The Bertz CT molecular complexity index is 828. The second-order valence-electron chi connectivity index (χ2n) is 8.10.